The van der Waals surface area contributed by atoms with Crippen LogP contribution in [0.25, 0.3) is 0 Å². The molecule has 216 valence electrons. The van der Waals surface area contributed by atoms with Crippen molar-refractivity contribution in [2.24, 2.45) is 0 Å². The summed E-state index contributed by atoms with van der Waals surface area (Å²) in [6.45, 7) is 4.53. The zero-order chi connectivity index (χ0) is 27.5. The van der Waals surface area contributed by atoms with Crippen LogP contribution in [0.1, 0.15) is 153 Å². The number of unbranched alkanes of at least 4 members (excludes halogenated alkanes) is 18. The minimum Gasteiger partial charge on any atom is -0.872 e. The summed E-state index contributed by atoms with van der Waals surface area (Å²) in [5, 5.41) is 22.3. The smallest absolute Gasteiger partial charge is 0.872 e. The van der Waals surface area contributed by atoms with E-state index in [0.29, 0.717) is 0 Å². The fourth-order valence-corrected chi connectivity index (χ4v) is 5.04. The third-order valence-electron chi connectivity index (χ3n) is 7.43. The van der Waals surface area contributed by atoms with Crippen molar-refractivity contribution in [1.29, 1.82) is 0 Å². The minimum atomic E-state index is 0. The van der Waals surface area contributed by atoms with E-state index >= 15 is 0 Å². The second-order valence-corrected chi connectivity index (χ2v) is 11.2. The maximum Gasteiger partial charge on any atom is 2.00 e. The average molecular weight is 660 g/mol. The zero-order valence-corrected chi connectivity index (χ0v) is 30.1. The molecule has 0 amide bonds. The van der Waals surface area contributed by atoms with Crippen molar-refractivity contribution in [3.05, 3.63) is 59.7 Å². The minimum absolute atomic E-state index is 0. The summed E-state index contributed by atoms with van der Waals surface area (Å²) in [7, 11) is 0. The van der Waals surface area contributed by atoms with E-state index in [1.165, 1.54) is 140 Å². The molecule has 0 aromatic heterocycles. The van der Waals surface area contributed by atoms with Crippen molar-refractivity contribution >= 4 is 48.9 Å². The summed E-state index contributed by atoms with van der Waals surface area (Å²) < 4.78 is 0. The molecule has 2 aromatic carbocycles. The van der Waals surface area contributed by atoms with Crippen LogP contribution in [0.15, 0.2) is 48.5 Å². The van der Waals surface area contributed by atoms with Gasteiger partial charge in [-0.15, -0.1) is 11.5 Å². The average Bonchev–Trinajstić information content (AvgIpc) is 2.91. The van der Waals surface area contributed by atoms with Crippen LogP contribution in [0.3, 0.4) is 0 Å². The Balaban J connectivity index is 0.000000722. The van der Waals surface area contributed by atoms with E-state index < -0.39 is 0 Å². The molecule has 39 heavy (non-hydrogen) atoms. The number of hydrogen-bond donors (Lipinski definition) is 0. The van der Waals surface area contributed by atoms with Crippen LogP contribution in [0, 0.1) is 0 Å². The first-order chi connectivity index (χ1) is 18.7. The number of aryl methyl sites for hydroxylation is 2. The standard InChI is InChI=1S/2C18H30O.Ba/c2*1-2-3-4-5-6-7-8-9-10-11-13-17-14-12-15-18(19)16-17;/h2*12,14-16,19H,2-11,13H2,1H3;/q;;+2/p-2. The Labute approximate surface area is 282 Å². The molecule has 0 atom stereocenters. The first-order valence-corrected chi connectivity index (χ1v) is 16.2. The van der Waals surface area contributed by atoms with Gasteiger partial charge in [0.2, 0.25) is 0 Å². The third kappa shape index (κ3) is 25.1. The molecule has 0 heterocycles. The summed E-state index contributed by atoms with van der Waals surface area (Å²) >= 11 is 0. The molecule has 0 aliphatic carbocycles. The van der Waals surface area contributed by atoms with Crippen molar-refractivity contribution in [2.45, 2.75) is 155 Å². The molecule has 3 heteroatoms. The first-order valence-electron chi connectivity index (χ1n) is 16.2. The molecule has 0 fully saturated rings. The summed E-state index contributed by atoms with van der Waals surface area (Å²) in [4.78, 5) is 0. The molecule has 0 spiro atoms. The molecule has 0 saturated carbocycles. The van der Waals surface area contributed by atoms with E-state index in [4.69, 9.17) is 0 Å². The van der Waals surface area contributed by atoms with E-state index in [9.17, 15) is 10.2 Å². The molecular weight excluding hydrogens is 602 g/mol. The van der Waals surface area contributed by atoms with E-state index in [0.717, 1.165) is 12.8 Å². The fraction of sp³-hybridized carbons (Fsp3) is 0.667. The van der Waals surface area contributed by atoms with Crippen LogP contribution in [0.4, 0.5) is 0 Å². The third-order valence-corrected chi connectivity index (χ3v) is 7.43. The van der Waals surface area contributed by atoms with Crippen molar-refractivity contribution in [3.63, 3.8) is 0 Å². The van der Waals surface area contributed by atoms with Crippen LogP contribution in [-0.2, 0) is 12.8 Å². The van der Waals surface area contributed by atoms with Gasteiger partial charge in [0, 0.05) is 0 Å². The molecule has 0 saturated heterocycles. The summed E-state index contributed by atoms with van der Waals surface area (Å²) in [5.41, 5.74) is 2.40. The molecule has 0 aliphatic rings. The van der Waals surface area contributed by atoms with Gasteiger partial charge in [-0.05, 0) is 36.8 Å². The van der Waals surface area contributed by atoms with Gasteiger partial charge in [0.1, 0.15) is 0 Å². The van der Waals surface area contributed by atoms with Gasteiger partial charge in [0.15, 0.2) is 0 Å². The largest absolute Gasteiger partial charge is 2.00 e. The predicted octanol–water partition coefficient (Wildman–Crippen LogP) is 10.1. The van der Waals surface area contributed by atoms with Crippen molar-refractivity contribution in [3.8, 4) is 11.5 Å². The predicted molar refractivity (Wildman–Crippen MR) is 169 cm³/mol. The van der Waals surface area contributed by atoms with Gasteiger partial charge in [-0.25, -0.2) is 0 Å². The SMILES string of the molecule is CCCCCCCCCCCCc1cccc([O-])c1.CCCCCCCCCCCCc1cccc([O-])c1.[Ba+2]. The Morgan fingerprint density at radius 1 is 0.410 bits per heavy atom. The van der Waals surface area contributed by atoms with Gasteiger partial charge >= 0.3 is 48.9 Å². The Morgan fingerprint density at radius 2 is 0.692 bits per heavy atom. The van der Waals surface area contributed by atoms with Gasteiger partial charge in [-0.1, -0.05) is 178 Å². The molecule has 0 unspecified atom stereocenters. The van der Waals surface area contributed by atoms with Gasteiger partial charge in [-0.3, -0.25) is 0 Å². The Morgan fingerprint density at radius 3 is 0.974 bits per heavy atom. The Hall–Kier alpha value is -0.389. The summed E-state index contributed by atoms with van der Waals surface area (Å²) in [6.07, 6.45) is 29.4. The normalized spacial score (nSPS) is 10.5. The van der Waals surface area contributed by atoms with Crippen LogP contribution in [0.2, 0.25) is 0 Å². The van der Waals surface area contributed by atoms with Gasteiger partial charge in [0.05, 0.1) is 0 Å². The molecule has 2 rings (SSSR count). The molecule has 2 aromatic rings. The van der Waals surface area contributed by atoms with E-state index in [2.05, 4.69) is 26.0 Å². The van der Waals surface area contributed by atoms with Gasteiger partial charge in [-0.2, -0.15) is 0 Å². The molecule has 0 bridgehead atoms. The maximum atomic E-state index is 11.2. The van der Waals surface area contributed by atoms with Crippen LogP contribution in [0.5, 0.6) is 11.5 Å². The molecule has 0 radical (unpaired) electrons. The van der Waals surface area contributed by atoms with Crippen molar-refractivity contribution in [2.75, 3.05) is 0 Å². The summed E-state index contributed by atoms with van der Waals surface area (Å²) in [5.74, 6) is 0.286. The molecule has 2 nitrogen and oxygen atoms in total. The second kappa shape index (κ2) is 29.1. The molecule has 0 N–H and O–H groups in total. The van der Waals surface area contributed by atoms with Crippen LogP contribution >= 0.6 is 0 Å². The first kappa shape index (κ1) is 38.6. The van der Waals surface area contributed by atoms with Gasteiger partial charge in [0.25, 0.3) is 0 Å². The maximum absolute atomic E-state index is 11.2. The van der Waals surface area contributed by atoms with E-state index in [1.807, 2.05) is 12.1 Å². The van der Waals surface area contributed by atoms with Gasteiger partial charge < -0.3 is 10.2 Å². The zero-order valence-electron chi connectivity index (χ0n) is 25.7. The number of rotatable bonds is 22. The Bertz CT molecular complexity index is 711. The Kier molecular flexibility index (Phi) is 28.8. The van der Waals surface area contributed by atoms with Crippen LogP contribution < -0.4 is 10.2 Å². The molecular formula is C36H58BaO2. The molecule has 0 aliphatic heterocycles. The van der Waals surface area contributed by atoms with E-state index in [1.54, 1.807) is 24.3 Å². The second-order valence-electron chi connectivity index (χ2n) is 11.2. The number of hydrogen-bond acceptors (Lipinski definition) is 2. The monoisotopic (exact) mass is 660 g/mol. The summed E-state index contributed by atoms with van der Waals surface area (Å²) in [6, 6.07) is 14.7. The van der Waals surface area contributed by atoms with Crippen LogP contribution in [-0.4, -0.2) is 48.9 Å². The quantitative estimate of drug-likeness (QED) is 0.0933. The van der Waals surface area contributed by atoms with Crippen molar-refractivity contribution < 1.29 is 10.2 Å². The van der Waals surface area contributed by atoms with Crippen molar-refractivity contribution in [1.82, 2.24) is 0 Å². The topological polar surface area (TPSA) is 46.1 Å². The fourth-order valence-electron chi connectivity index (χ4n) is 5.04. The number of benzene rings is 2. The van der Waals surface area contributed by atoms with E-state index in [-0.39, 0.29) is 60.4 Å².